The Bertz CT molecular complexity index is 367. The quantitative estimate of drug-likeness (QED) is 0.259. The van der Waals surface area contributed by atoms with Crippen molar-refractivity contribution in [2.45, 2.75) is 164 Å². The molecule has 0 bridgehead atoms. The summed E-state index contributed by atoms with van der Waals surface area (Å²) < 4.78 is 0. The van der Waals surface area contributed by atoms with E-state index in [1.54, 1.807) is 0 Å². The van der Waals surface area contributed by atoms with Gasteiger partial charge in [-0.1, -0.05) is 6.42 Å². The number of hydrogen-bond acceptors (Lipinski definition) is 4. The maximum atomic E-state index is 3.75. The zero-order valence-electron chi connectivity index (χ0n) is 23.5. The van der Waals surface area contributed by atoms with Crippen LogP contribution in [0.1, 0.15) is 115 Å². The summed E-state index contributed by atoms with van der Waals surface area (Å²) in [5.41, 5.74) is 0. The Morgan fingerprint density at radius 2 is 0.742 bits per heavy atom. The molecule has 0 heterocycles. The molecule has 31 heavy (non-hydrogen) atoms. The first-order valence-electron chi connectivity index (χ1n) is 13.4. The largest absolute Gasteiger partial charge is 0.314 e. The molecule has 0 aliphatic heterocycles. The summed E-state index contributed by atoms with van der Waals surface area (Å²) in [6.07, 6.45) is 6.29. The third kappa shape index (κ3) is 13.2. The van der Waals surface area contributed by atoms with Crippen LogP contribution in [-0.4, -0.2) is 71.2 Å². The lowest BCUT2D eigenvalue weighted by Gasteiger charge is -2.37. The Balaban J connectivity index is 3.96. The minimum atomic E-state index is 0.583. The molecule has 188 valence electrons. The van der Waals surface area contributed by atoms with E-state index in [4.69, 9.17) is 0 Å². The predicted octanol–water partition coefficient (Wildman–Crippen LogP) is 5.91. The van der Waals surface area contributed by atoms with E-state index in [1.807, 2.05) is 0 Å². The van der Waals surface area contributed by atoms with E-state index in [1.165, 1.54) is 32.1 Å². The second-order valence-electron chi connectivity index (χ2n) is 11.2. The van der Waals surface area contributed by atoms with Crippen LogP contribution in [0.25, 0.3) is 0 Å². The number of rotatable bonds is 18. The van der Waals surface area contributed by atoms with Crippen molar-refractivity contribution in [1.82, 2.24) is 20.4 Å². The van der Waals surface area contributed by atoms with E-state index < -0.39 is 0 Å². The van der Waals surface area contributed by atoms with Gasteiger partial charge in [-0.2, -0.15) is 0 Å². The Labute approximate surface area is 197 Å². The van der Waals surface area contributed by atoms with Crippen molar-refractivity contribution in [3.05, 3.63) is 0 Å². The lowest BCUT2D eigenvalue weighted by atomic mass is 10.0. The summed E-state index contributed by atoms with van der Waals surface area (Å²) in [6.45, 7) is 30.2. The highest BCUT2D eigenvalue weighted by Crippen LogP contribution is 2.16. The van der Waals surface area contributed by atoms with Crippen LogP contribution >= 0.6 is 0 Å². The van der Waals surface area contributed by atoms with Gasteiger partial charge in [-0.3, -0.25) is 9.80 Å². The molecule has 0 rings (SSSR count). The highest BCUT2D eigenvalue weighted by atomic mass is 15.2. The Morgan fingerprint density at radius 1 is 0.452 bits per heavy atom. The van der Waals surface area contributed by atoms with Crippen LogP contribution in [-0.2, 0) is 0 Å². The zero-order chi connectivity index (χ0) is 24.1. The molecule has 0 saturated carbocycles. The van der Waals surface area contributed by atoms with Crippen molar-refractivity contribution in [3.63, 3.8) is 0 Å². The lowest BCUT2D eigenvalue weighted by molar-refractivity contribution is 0.110. The standard InChI is InChI=1S/C27H60N4/c1-20(2)30(21(3)4)26(11)18-24(9)28-16-14-13-15-17-29-25(10)19-27(12)31(22(5)6)23(7)8/h20-29H,13-19H2,1-12H3. The normalized spacial score (nSPS) is 16.8. The van der Waals surface area contributed by atoms with Crippen molar-refractivity contribution in [1.29, 1.82) is 0 Å². The fourth-order valence-electron chi connectivity index (χ4n) is 5.79. The van der Waals surface area contributed by atoms with Gasteiger partial charge in [-0.05, 0) is 122 Å². The molecule has 4 unspecified atom stereocenters. The minimum absolute atomic E-state index is 0.583. The molecule has 0 amide bonds. The van der Waals surface area contributed by atoms with E-state index in [0.29, 0.717) is 48.3 Å². The van der Waals surface area contributed by atoms with Crippen molar-refractivity contribution < 1.29 is 0 Å². The SMILES string of the molecule is CC(CC(C)N(C(C)C)C(C)C)NCCCCCNC(C)CC(C)N(C(C)C)C(C)C. The molecule has 0 radical (unpaired) electrons. The van der Waals surface area contributed by atoms with Gasteiger partial charge >= 0.3 is 0 Å². The van der Waals surface area contributed by atoms with Gasteiger partial charge in [0.2, 0.25) is 0 Å². The lowest BCUT2D eigenvalue weighted by Crippen LogP contribution is -2.46. The summed E-state index contributed by atoms with van der Waals surface area (Å²) in [5, 5.41) is 7.51. The van der Waals surface area contributed by atoms with Crippen molar-refractivity contribution in [2.24, 2.45) is 0 Å². The molecule has 0 saturated heterocycles. The monoisotopic (exact) mass is 440 g/mol. The van der Waals surface area contributed by atoms with Crippen LogP contribution in [0.2, 0.25) is 0 Å². The Morgan fingerprint density at radius 3 is 1.00 bits per heavy atom. The van der Waals surface area contributed by atoms with Crippen LogP contribution in [0.5, 0.6) is 0 Å². The third-order valence-electron chi connectivity index (χ3n) is 6.63. The first-order chi connectivity index (χ1) is 14.4. The van der Waals surface area contributed by atoms with E-state index >= 15 is 0 Å². The molecule has 0 aliphatic rings. The van der Waals surface area contributed by atoms with Crippen LogP contribution < -0.4 is 10.6 Å². The first kappa shape index (κ1) is 30.8. The smallest absolute Gasteiger partial charge is 0.00870 e. The van der Waals surface area contributed by atoms with Crippen LogP contribution in [0, 0.1) is 0 Å². The van der Waals surface area contributed by atoms with Crippen molar-refractivity contribution >= 4 is 0 Å². The fourth-order valence-corrected chi connectivity index (χ4v) is 5.79. The average molecular weight is 441 g/mol. The summed E-state index contributed by atoms with van der Waals surface area (Å²) in [4.78, 5) is 5.26. The van der Waals surface area contributed by atoms with E-state index in [9.17, 15) is 0 Å². The molecule has 4 heteroatoms. The van der Waals surface area contributed by atoms with Gasteiger partial charge in [-0.25, -0.2) is 0 Å². The Kier molecular flexibility index (Phi) is 16.4. The minimum Gasteiger partial charge on any atom is -0.314 e. The molecule has 4 atom stereocenters. The molecule has 0 aromatic rings. The summed E-state index contributed by atoms with van der Waals surface area (Å²) in [7, 11) is 0. The molecular weight excluding hydrogens is 380 g/mol. The summed E-state index contributed by atoms with van der Waals surface area (Å²) >= 11 is 0. The number of nitrogens with one attached hydrogen (secondary N) is 2. The molecule has 0 spiro atoms. The van der Waals surface area contributed by atoms with Crippen molar-refractivity contribution in [3.8, 4) is 0 Å². The maximum Gasteiger partial charge on any atom is 0.00870 e. The molecule has 0 fully saturated rings. The van der Waals surface area contributed by atoms with Crippen LogP contribution in [0.15, 0.2) is 0 Å². The van der Waals surface area contributed by atoms with Crippen LogP contribution in [0.4, 0.5) is 0 Å². The van der Waals surface area contributed by atoms with E-state index in [2.05, 4.69) is 104 Å². The average Bonchev–Trinajstić information content (AvgIpc) is 2.59. The zero-order valence-corrected chi connectivity index (χ0v) is 23.5. The Hall–Kier alpha value is -0.160. The predicted molar refractivity (Wildman–Crippen MR) is 141 cm³/mol. The second-order valence-corrected chi connectivity index (χ2v) is 11.2. The summed E-state index contributed by atoms with van der Waals surface area (Å²) in [5.74, 6) is 0. The molecular formula is C27H60N4. The van der Waals surface area contributed by atoms with Crippen LogP contribution in [0.3, 0.4) is 0 Å². The molecule has 0 aliphatic carbocycles. The fraction of sp³-hybridized carbons (Fsp3) is 1.00. The molecule has 2 N–H and O–H groups in total. The summed E-state index contributed by atoms with van der Waals surface area (Å²) in [6, 6.07) is 4.85. The molecule has 0 aromatic heterocycles. The van der Waals surface area contributed by atoms with E-state index in [0.717, 1.165) is 13.1 Å². The second kappa shape index (κ2) is 16.5. The van der Waals surface area contributed by atoms with E-state index in [-0.39, 0.29) is 0 Å². The topological polar surface area (TPSA) is 30.5 Å². The van der Waals surface area contributed by atoms with Gasteiger partial charge in [0.05, 0.1) is 0 Å². The first-order valence-corrected chi connectivity index (χ1v) is 13.4. The van der Waals surface area contributed by atoms with Crippen molar-refractivity contribution in [2.75, 3.05) is 13.1 Å². The molecule has 0 aromatic carbocycles. The van der Waals surface area contributed by atoms with Gasteiger partial charge in [-0.15, -0.1) is 0 Å². The number of nitrogens with zero attached hydrogens (tertiary/aromatic N) is 2. The van der Waals surface area contributed by atoms with Gasteiger partial charge in [0.15, 0.2) is 0 Å². The highest BCUT2D eigenvalue weighted by molar-refractivity contribution is 4.79. The number of unbranched alkanes of at least 4 members (excludes halogenated alkanes) is 2. The maximum absolute atomic E-state index is 3.75. The number of hydrogen-bond donors (Lipinski definition) is 2. The van der Waals surface area contributed by atoms with Gasteiger partial charge in [0, 0.05) is 48.3 Å². The van der Waals surface area contributed by atoms with Gasteiger partial charge < -0.3 is 10.6 Å². The molecule has 4 nitrogen and oxygen atoms in total. The third-order valence-corrected chi connectivity index (χ3v) is 6.63. The highest BCUT2D eigenvalue weighted by Gasteiger charge is 2.22. The van der Waals surface area contributed by atoms with Gasteiger partial charge in [0.1, 0.15) is 0 Å². The van der Waals surface area contributed by atoms with Gasteiger partial charge in [0.25, 0.3) is 0 Å².